The van der Waals surface area contributed by atoms with Crippen molar-refractivity contribution in [2.24, 2.45) is 7.05 Å². The van der Waals surface area contributed by atoms with E-state index in [9.17, 15) is 0 Å². The molecule has 0 saturated carbocycles. The standard InChI is InChI=1S/C19H16BrN/c1-12-15-4-3-5-18(20)17(15)11-16(12)14-7-6-13-8-9-21(2)19(13)10-14/h3-10,16H,1,11H2,2H3. The van der Waals surface area contributed by atoms with Crippen LogP contribution in [0.5, 0.6) is 0 Å². The largest absolute Gasteiger partial charge is 0.351 e. The fourth-order valence-electron chi connectivity index (χ4n) is 3.40. The molecule has 4 rings (SSSR count). The molecule has 0 spiro atoms. The van der Waals surface area contributed by atoms with Crippen molar-refractivity contribution in [3.8, 4) is 0 Å². The van der Waals surface area contributed by atoms with Gasteiger partial charge < -0.3 is 4.57 Å². The molecule has 0 N–H and O–H groups in total. The first kappa shape index (κ1) is 12.9. The van der Waals surface area contributed by atoms with E-state index < -0.39 is 0 Å². The minimum Gasteiger partial charge on any atom is -0.351 e. The molecule has 21 heavy (non-hydrogen) atoms. The van der Waals surface area contributed by atoms with E-state index in [1.165, 1.54) is 37.6 Å². The predicted octanol–water partition coefficient (Wildman–Crippen LogP) is 5.29. The van der Waals surface area contributed by atoms with Crippen molar-refractivity contribution < 1.29 is 0 Å². The third kappa shape index (κ3) is 1.90. The first-order valence-electron chi connectivity index (χ1n) is 7.16. The number of nitrogens with zero attached hydrogens (tertiary/aromatic N) is 1. The molecule has 1 aliphatic rings. The monoisotopic (exact) mass is 337 g/mol. The Morgan fingerprint density at radius 2 is 2.05 bits per heavy atom. The summed E-state index contributed by atoms with van der Waals surface area (Å²) in [7, 11) is 2.10. The normalized spacial score (nSPS) is 17.4. The molecule has 0 bridgehead atoms. The van der Waals surface area contributed by atoms with Crippen LogP contribution in [0.1, 0.15) is 22.6 Å². The highest BCUT2D eigenvalue weighted by atomic mass is 79.9. The Hall–Kier alpha value is -1.80. The summed E-state index contributed by atoms with van der Waals surface area (Å²) < 4.78 is 3.38. The van der Waals surface area contributed by atoms with Gasteiger partial charge in [0.25, 0.3) is 0 Å². The van der Waals surface area contributed by atoms with Crippen LogP contribution < -0.4 is 0 Å². The van der Waals surface area contributed by atoms with E-state index >= 15 is 0 Å². The summed E-state index contributed by atoms with van der Waals surface area (Å²) in [5, 5.41) is 1.29. The topological polar surface area (TPSA) is 4.93 Å². The third-order valence-corrected chi connectivity index (χ3v) is 5.35. The second kappa shape index (κ2) is 4.60. The lowest BCUT2D eigenvalue weighted by Gasteiger charge is -2.12. The van der Waals surface area contributed by atoms with Crippen LogP contribution in [0.15, 0.2) is 59.7 Å². The lowest BCUT2D eigenvalue weighted by Crippen LogP contribution is -1.97. The van der Waals surface area contributed by atoms with Gasteiger partial charge in [-0.3, -0.25) is 0 Å². The zero-order valence-electron chi connectivity index (χ0n) is 11.9. The number of fused-ring (bicyclic) bond motifs is 2. The highest BCUT2D eigenvalue weighted by molar-refractivity contribution is 9.10. The van der Waals surface area contributed by atoms with Crippen LogP contribution in [0, 0.1) is 0 Å². The SMILES string of the molecule is C=C1c2cccc(Br)c2CC1c1ccc2ccn(C)c2c1. The molecule has 1 aromatic heterocycles. The predicted molar refractivity (Wildman–Crippen MR) is 92.5 cm³/mol. The fourth-order valence-corrected chi connectivity index (χ4v) is 3.93. The highest BCUT2D eigenvalue weighted by Crippen LogP contribution is 2.45. The maximum absolute atomic E-state index is 4.36. The fraction of sp³-hybridized carbons (Fsp3) is 0.158. The van der Waals surface area contributed by atoms with E-state index in [1.54, 1.807) is 0 Å². The lowest BCUT2D eigenvalue weighted by molar-refractivity contribution is 0.894. The van der Waals surface area contributed by atoms with E-state index in [0.29, 0.717) is 5.92 Å². The third-order valence-electron chi connectivity index (χ3n) is 4.61. The zero-order chi connectivity index (χ0) is 14.6. The zero-order valence-corrected chi connectivity index (χ0v) is 13.5. The van der Waals surface area contributed by atoms with E-state index in [4.69, 9.17) is 0 Å². The number of rotatable bonds is 1. The van der Waals surface area contributed by atoms with Gasteiger partial charge in [-0.25, -0.2) is 0 Å². The summed E-state index contributed by atoms with van der Waals surface area (Å²) in [5.41, 5.74) is 6.58. The molecule has 1 atom stereocenters. The van der Waals surface area contributed by atoms with Crippen LogP contribution in [0.4, 0.5) is 0 Å². The lowest BCUT2D eigenvalue weighted by atomic mass is 9.92. The first-order valence-corrected chi connectivity index (χ1v) is 7.96. The number of benzene rings is 2. The summed E-state index contributed by atoms with van der Waals surface area (Å²) in [6.45, 7) is 4.36. The Labute approximate surface area is 133 Å². The summed E-state index contributed by atoms with van der Waals surface area (Å²) in [6.07, 6.45) is 3.15. The van der Waals surface area contributed by atoms with Crippen molar-refractivity contribution in [1.29, 1.82) is 0 Å². The molecule has 3 aromatic rings. The quantitative estimate of drug-likeness (QED) is 0.568. The molecule has 1 heterocycles. The molecule has 0 amide bonds. The van der Waals surface area contributed by atoms with Gasteiger partial charge in [0.05, 0.1) is 0 Å². The summed E-state index contributed by atoms with van der Waals surface area (Å²) in [4.78, 5) is 0. The maximum atomic E-state index is 4.36. The Morgan fingerprint density at radius 1 is 1.19 bits per heavy atom. The number of allylic oxidation sites excluding steroid dienone is 1. The van der Waals surface area contributed by atoms with Gasteiger partial charge in [-0.05, 0) is 52.3 Å². The molecule has 1 unspecified atom stereocenters. The first-order chi connectivity index (χ1) is 10.1. The summed E-state index contributed by atoms with van der Waals surface area (Å²) in [6, 6.07) is 15.3. The van der Waals surface area contributed by atoms with Crippen molar-refractivity contribution in [1.82, 2.24) is 4.57 Å². The Balaban J connectivity index is 1.82. The number of aryl methyl sites for hydroxylation is 1. The Morgan fingerprint density at radius 3 is 2.86 bits per heavy atom. The van der Waals surface area contributed by atoms with E-state index in [2.05, 4.69) is 82.8 Å². The number of aromatic nitrogens is 1. The second-order valence-corrected chi connectivity index (χ2v) is 6.65. The van der Waals surface area contributed by atoms with Crippen LogP contribution in [0.3, 0.4) is 0 Å². The van der Waals surface area contributed by atoms with Gasteiger partial charge in [0, 0.05) is 29.2 Å². The molecule has 0 saturated heterocycles. The average molecular weight is 338 g/mol. The van der Waals surface area contributed by atoms with Crippen LogP contribution in [0.2, 0.25) is 0 Å². The summed E-state index contributed by atoms with van der Waals surface area (Å²) >= 11 is 3.67. The molecular formula is C19H16BrN. The van der Waals surface area contributed by atoms with Gasteiger partial charge in [-0.2, -0.15) is 0 Å². The van der Waals surface area contributed by atoms with Gasteiger partial charge in [0.2, 0.25) is 0 Å². The maximum Gasteiger partial charge on any atom is 0.0480 e. The number of hydrogen-bond acceptors (Lipinski definition) is 0. The van der Waals surface area contributed by atoms with Gasteiger partial charge in [0.1, 0.15) is 0 Å². The summed E-state index contributed by atoms with van der Waals surface area (Å²) in [5.74, 6) is 0.387. The molecule has 2 aromatic carbocycles. The van der Waals surface area contributed by atoms with E-state index in [-0.39, 0.29) is 0 Å². The number of halogens is 1. The minimum absolute atomic E-state index is 0.387. The molecule has 1 nitrogen and oxygen atoms in total. The van der Waals surface area contributed by atoms with Gasteiger partial charge in [-0.1, -0.05) is 46.8 Å². The van der Waals surface area contributed by atoms with Crippen molar-refractivity contribution in [2.45, 2.75) is 12.3 Å². The molecule has 104 valence electrons. The highest BCUT2D eigenvalue weighted by Gasteiger charge is 2.28. The van der Waals surface area contributed by atoms with Crippen LogP contribution in [-0.4, -0.2) is 4.57 Å². The van der Waals surface area contributed by atoms with Crippen LogP contribution >= 0.6 is 15.9 Å². The average Bonchev–Trinajstić information content (AvgIpc) is 3.02. The van der Waals surface area contributed by atoms with Crippen LogP contribution in [0.25, 0.3) is 16.5 Å². The van der Waals surface area contributed by atoms with Gasteiger partial charge >= 0.3 is 0 Å². The Kier molecular flexibility index (Phi) is 2.83. The molecule has 1 aliphatic carbocycles. The minimum atomic E-state index is 0.387. The smallest absolute Gasteiger partial charge is 0.0480 e. The molecule has 0 aliphatic heterocycles. The molecule has 0 radical (unpaired) electrons. The molecule has 2 heteroatoms. The molecular weight excluding hydrogens is 322 g/mol. The van der Waals surface area contributed by atoms with Crippen molar-refractivity contribution in [3.05, 3.63) is 76.4 Å². The van der Waals surface area contributed by atoms with Crippen molar-refractivity contribution in [2.75, 3.05) is 0 Å². The molecule has 0 fully saturated rings. The Bertz CT molecular complexity index is 872. The van der Waals surface area contributed by atoms with E-state index in [0.717, 1.165) is 6.42 Å². The van der Waals surface area contributed by atoms with Crippen molar-refractivity contribution >= 4 is 32.4 Å². The van der Waals surface area contributed by atoms with Crippen molar-refractivity contribution in [3.63, 3.8) is 0 Å². The van der Waals surface area contributed by atoms with Crippen LogP contribution in [-0.2, 0) is 13.5 Å². The van der Waals surface area contributed by atoms with Gasteiger partial charge in [0.15, 0.2) is 0 Å². The van der Waals surface area contributed by atoms with E-state index in [1.807, 2.05) is 0 Å². The number of hydrogen-bond donors (Lipinski definition) is 0. The second-order valence-electron chi connectivity index (χ2n) is 5.79. The van der Waals surface area contributed by atoms with Gasteiger partial charge in [-0.15, -0.1) is 0 Å².